The van der Waals surface area contributed by atoms with E-state index in [9.17, 15) is 9.90 Å². The smallest absolute Gasteiger partial charge is 0.266 e. The summed E-state index contributed by atoms with van der Waals surface area (Å²) in [6.45, 7) is 7.45. The zero-order valence-electron chi connectivity index (χ0n) is 15.9. The van der Waals surface area contributed by atoms with E-state index < -0.39 is 17.7 Å². The number of aliphatic hydroxyl groups excluding tert-OH is 1. The lowest BCUT2D eigenvalue weighted by Crippen LogP contribution is -2.60. The Bertz CT molecular complexity index is 946. The second-order valence-electron chi connectivity index (χ2n) is 6.61. The molecule has 0 saturated heterocycles. The zero-order valence-corrected chi connectivity index (χ0v) is 15.9. The van der Waals surface area contributed by atoms with Crippen LogP contribution in [0.1, 0.15) is 11.6 Å². The highest BCUT2D eigenvalue weighted by Gasteiger charge is 2.50. The lowest BCUT2D eigenvalue weighted by molar-refractivity contribution is -0.142. The fraction of sp³-hybridized carbons (Fsp3) is 0.421. The molecule has 2 atom stereocenters. The standard InChI is InChI=1S/C19H22N4O5/c1-20-12-5-6-14-13(9-12)17(21-15-7-8-16(24)23(2)22-15)18(25)19(28-14,10-26-3)11-27-4/h5-9,17-18,25H,10-11H2,2-4H3,(H,21,22)/t17?,18-/m0/s1. The van der Waals surface area contributed by atoms with E-state index in [-0.39, 0.29) is 18.8 Å². The molecule has 0 spiro atoms. The number of fused-ring (bicyclic) bond motifs is 1. The van der Waals surface area contributed by atoms with Crippen LogP contribution in [-0.2, 0) is 16.5 Å². The molecule has 1 aromatic carbocycles. The molecule has 9 nitrogen and oxygen atoms in total. The van der Waals surface area contributed by atoms with Gasteiger partial charge in [0, 0.05) is 32.9 Å². The SMILES string of the molecule is [C-]#[N+]c1ccc2c(c1)C(Nc1ccc(=O)n(C)n1)[C@H](O)C(COC)(COC)O2. The summed E-state index contributed by atoms with van der Waals surface area (Å²) in [7, 11) is 4.57. The number of rotatable bonds is 6. The van der Waals surface area contributed by atoms with Crippen molar-refractivity contribution in [3.8, 4) is 5.75 Å². The Morgan fingerprint density at radius 1 is 1.32 bits per heavy atom. The number of methoxy groups -OCH3 is 2. The maximum Gasteiger partial charge on any atom is 0.266 e. The quantitative estimate of drug-likeness (QED) is 0.721. The van der Waals surface area contributed by atoms with Gasteiger partial charge < -0.3 is 24.6 Å². The summed E-state index contributed by atoms with van der Waals surface area (Å²) in [6.07, 6.45) is -1.08. The largest absolute Gasteiger partial charge is 0.479 e. The van der Waals surface area contributed by atoms with Crippen LogP contribution >= 0.6 is 0 Å². The van der Waals surface area contributed by atoms with Crippen molar-refractivity contribution in [2.75, 3.05) is 32.8 Å². The van der Waals surface area contributed by atoms with Gasteiger partial charge in [-0.15, -0.1) is 0 Å². The summed E-state index contributed by atoms with van der Waals surface area (Å²) in [5.41, 5.74) is -0.379. The van der Waals surface area contributed by atoms with Crippen LogP contribution in [0.25, 0.3) is 4.85 Å². The molecule has 1 unspecified atom stereocenters. The average molecular weight is 386 g/mol. The van der Waals surface area contributed by atoms with Crippen molar-refractivity contribution in [3.05, 3.63) is 57.7 Å². The number of nitrogens with zero attached hydrogens (tertiary/aromatic N) is 3. The van der Waals surface area contributed by atoms with Crippen LogP contribution in [0.4, 0.5) is 11.5 Å². The normalized spacial score (nSPS) is 20.0. The van der Waals surface area contributed by atoms with Gasteiger partial charge in [-0.05, 0) is 18.2 Å². The third kappa shape index (κ3) is 3.57. The van der Waals surface area contributed by atoms with Crippen LogP contribution in [0.3, 0.4) is 0 Å². The summed E-state index contributed by atoms with van der Waals surface area (Å²) >= 11 is 0. The van der Waals surface area contributed by atoms with Gasteiger partial charge in [0.25, 0.3) is 5.56 Å². The Morgan fingerprint density at radius 2 is 2.04 bits per heavy atom. The second-order valence-corrected chi connectivity index (χ2v) is 6.61. The summed E-state index contributed by atoms with van der Waals surface area (Å²) in [5, 5.41) is 18.6. The minimum absolute atomic E-state index is 0.0882. The van der Waals surface area contributed by atoms with Crippen molar-refractivity contribution >= 4 is 11.5 Å². The minimum Gasteiger partial charge on any atom is -0.479 e. The highest BCUT2D eigenvalue weighted by atomic mass is 16.6. The van der Waals surface area contributed by atoms with E-state index in [0.29, 0.717) is 22.8 Å². The zero-order chi connectivity index (χ0) is 20.3. The van der Waals surface area contributed by atoms with Crippen molar-refractivity contribution in [3.63, 3.8) is 0 Å². The average Bonchev–Trinajstić information content (AvgIpc) is 2.68. The molecule has 0 radical (unpaired) electrons. The first kappa shape index (κ1) is 19.8. The van der Waals surface area contributed by atoms with Crippen molar-refractivity contribution < 1.29 is 19.3 Å². The number of nitrogens with one attached hydrogen (secondary N) is 1. The van der Waals surface area contributed by atoms with Gasteiger partial charge in [0.1, 0.15) is 17.7 Å². The summed E-state index contributed by atoms with van der Waals surface area (Å²) in [5.74, 6) is 0.907. The number of aromatic nitrogens is 2. The van der Waals surface area contributed by atoms with Gasteiger partial charge in [0.05, 0.1) is 25.8 Å². The van der Waals surface area contributed by atoms with Crippen molar-refractivity contribution in [2.45, 2.75) is 17.7 Å². The molecule has 2 heterocycles. The molecule has 148 valence electrons. The van der Waals surface area contributed by atoms with Crippen LogP contribution < -0.4 is 15.6 Å². The summed E-state index contributed by atoms with van der Waals surface area (Å²) in [4.78, 5) is 15.1. The maximum atomic E-state index is 11.6. The molecular formula is C19H22N4O5. The number of aliphatic hydroxyl groups is 1. The van der Waals surface area contributed by atoms with E-state index in [4.69, 9.17) is 20.8 Å². The fourth-order valence-corrected chi connectivity index (χ4v) is 3.35. The van der Waals surface area contributed by atoms with Crippen LogP contribution in [0.2, 0.25) is 0 Å². The summed E-state index contributed by atoms with van der Waals surface area (Å²) < 4.78 is 17.9. The van der Waals surface area contributed by atoms with Crippen molar-refractivity contribution in [2.24, 2.45) is 7.05 Å². The topological polar surface area (TPSA) is 99.2 Å². The van der Waals surface area contributed by atoms with Crippen molar-refractivity contribution in [1.82, 2.24) is 9.78 Å². The van der Waals surface area contributed by atoms with E-state index in [2.05, 4.69) is 15.3 Å². The van der Waals surface area contributed by atoms with Crippen LogP contribution in [-0.4, -0.2) is 54.0 Å². The molecule has 0 bridgehead atoms. The molecule has 1 aromatic heterocycles. The first-order valence-corrected chi connectivity index (χ1v) is 8.61. The van der Waals surface area contributed by atoms with E-state index >= 15 is 0 Å². The molecule has 2 N–H and O–H groups in total. The third-order valence-corrected chi connectivity index (χ3v) is 4.67. The van der Waals surface area contributed by atoms with E-state index in [1.165, 1.54) is 31.0 Å². The monoisotopic (exact) mass is 386 g/mol. The van der Waals surface area contributed by atoms with Crippen molar-refractivity contribution in [1.29, 1.82) is 0 Å². The number of anilines is 1. The molecule has 28 heavy (non-hydrogen) atoms. The molecule has 2 aromatic rings. The third-order valence-electron chi connectivity index (χ3n) is 4.67. The highest BCUT2D eigenvalue weighted by Crippen LogP contribution is 2.43. The van der Waals surface area contributed by atoms with Gasteiger partial charge >= 0.3 is 0 Å². The van der Waals surface area contributed by atoms with E-state index in [1.54, 1.807) is 25.2 Å². The van der Waals surface area contributed by atoms with Gasteiger partial charge in [0.15, 0.2) is 11.3 Å². The van der Waals surface area contributed by atoms with Crippen LogP contribution in [0.15, 0.2) is 35.1 Å². The number of ether oxygens (including phenoxy) is 3. The molecule has 0 saturated carbocycles. The number of hydrogen-bond donors (Lipinski definition) is 2. The van der Waals surface area contributed by atoms with Crippen LogP contribution in [0.5, 0.6) is 5.75 Å². The Balaban J connectivity index is 2.09. The molecule has 0 fully saturated rings. The van der Waals surface area contributed by atoms with Gasteiger partial charge in [0.2, 0.25) is 0 Å². The molecular weight excluding hydrogens is 364 g/mol. The van der Waals surface area contributed by atoms with Gasteiger partial charge in [-0.25, -0.2) is 9.53 Å². The molecule has 9 heteroatoms. The Hall–Kier alpha value is -2.93. The van der Waals surface area contributed by atoms with Crippen LogP contribution in [0, 0.1) is 6.57 Å². The molecule has 0 amide bonds. The predicted octanol–water partition coefficient (Wildman–Crippen LogP) is 1.27. The number of aryl methyl sites for hydroxylation is 1. The first-order chi connectivity index (χ1) is 13.4. The fourth-order valence-electron chi connectivity index (χ4n) is 3.35. The van der Waals surface area contributed by atoms with Gasteiger partial charge in [-0.1, -0.05) is 6.07 Å². The Labute approximate surface area is 162 Å². The van der Waals surface area contributed by atoms with Gasteiger partial charge in [-0.2, -0.15) is 5.10 Å². The van der Waals surface area contributed by atoms with Gasteiger partial charge in [-0.3, -0.25) is 4.79 Å². The molecule has 1 aliphatic heterocycles. The first-order valence-electron chi connectivity index (χ1n) is 8.61. The lowest BCUT2D eigenvalue weighted by Gasteiger charge is -2.45. The Kier molecular flexibility index (Phi) is 5.65. The minimum atomic E-state index is -1.16. The number of hydrogen-bond acceptors (Lipinski definition) is 7. The van der Waals surface area contributed by atoms with E-state index in [1.807, 2.05) is 0 Å². The Morgan fingerprint density at radius 3 is 2.64 bits per heavy atom. The lowest BCUT2D eigenvalue weighted by atomic mass is 9.84. The maximum absolute atomic E-state index is 11.6. The van der Waals surface area contributed by atoms with E-state index in [0.717, 1.165) is 0 Å². The molecule has 0 aliphatic carbocycles. The molecule has 1 aliphatic rings. The molecule has 3 rings (SSSR count). The predicted molar refractivity (Wildman–Crippen MR) is 102 cm³/mol. The highest BCUT2D eigenvalue weighted by molar-refractivity contribution is 5.56. The number of benzene rings is 1. The second kappa shape index (κ2) is 7.98. The summed E-state index contributed by atoms with van der Waals surface area (Å²) in [6, 6.07) is 7.26.